The van der Waals surface area contributed by atoms with Gasteiger partial charge in [0.25, 0.3) is 0 Å². The van der Waals surface area contributed by atoms with Crippen LogP contribution in [0.2, 0.25) is 0 Å². The molecule has 1 atom stereocenters. The molecule has 0 radical (unpaired) electrons. The predicted octanol–water partition coefficient (Wildman–Crippen LogP) is 3.24. The molecule has 106 valence electrons. The lowest BCUT2D eigenvalue weighted by atomic mass is 9.99. The second-order valence-electron chi connectivity index (χ2n) is 5.28. The maximum Gasteiger partial charge on any atom is 0.137 e. The SMILES string of the molecule is CCCc1c(NC)ncnc1N1CCCCC1CC. The number of piperidine rings is 1. The largest absolute Gasteiger partial charge is 0.373 e. The minimum Gasteiger partial charge on any atom is -0.373 e. The van der Waals surface area contributed by atoms with Crippen LogP contribution in [0.1, 0.15) is 51.5 Å². The normalized spacial score (nSPS) is 19.5. The first-order valence-corrected chi connectivity index (χ1v) is 7.60. The van der Waals surface area contributed by atoms with Gasteiger partial charge in [0.2, 0.25) is 0 Å². The van der Waals surface area contributed by atoms with Crippen LogP contribution in [0.4, 0.5) is 11.6 Å². The van der Waals surface area contributed by atoms with E-state index in [0.717, 1.165) is 31.0 Å². The van der Waals surface area contributed by atoms with Crippen molar-refractivity contribution in [1.82, 2.24) is 9.97 Å². The van der Waals surface area contributed by atoms with E-state index < -0.39 is 0 Å². The van der Waals surface area contributed by atoms with Crippen LogP contribution in [0.5, 0.6) is 0 Å². The van der Waals surface area contributed by atoms with E-state index in [1.54, 1.807) is 6.33 Å². The van der Waals surface area contributed by atoms with E-state index in [9.17, 15) is 0 Å². The lowest BCUT2D eigenvalue weighted by Gasteiger charge is -2.37. The molecule has 4 nitrogen and oxygen atoms in total. The minimum absolute atomic E-state index is 0.643. The van der Waals surface area contributed by atoms with Crippen LogP contribution in [0, 0.1) is 0 Å². The third-order valence-electron chi connectivity index (χ3n) is 4.03. The molecule has 1 N–H and O–H groups in total. The van der Waals surface area contributed by atoms with E-state index in [0.29, 0.717) is 6.04 Å². The molecule has 19 heavy (non-hydrogen) atoms. The topological polar surface area (TPSA) is 41.1 Å². The van der Waals surface area contributed by atoms with Gasteiger partial charge in [-0.05, 0) is 32.1 Å². The van der Waals surface area contributed by atoms with E-state index in [-0.39, 0.29) is 0 Å². The zero-order valence-corrected chi connectivity index (χ0v) is 12.4. The Labute approximate surface area is 116 Å². The second kappa shape index (κ2) is 6.73. The van der Waals surface area contributed by atoms with Gasteiger partial charge in [-0.2, -0.15) is 0 Å². The predicted molar refractivity (Wildman–Crippen MR) is 80.8 cm³/mol. The molecular weight excluding hydrogens is 236 g/mol. The van der Waals surface area contributed by atoms with E-state index in [4.69, 9.17) is 0 Å². The van der Waals surface area contributed by atoms with Gasteiger partial charge in [-0.3, -0.25) is 0 Å². The monoisotopic (exact) mass is 262 g/mol. The summed E-state index contributed by atoms with van der Waals surface area (Å²) in [7, 11) is 1.94. The van der Waals surface area contributed by atoms with Gasteiger partial charge < -0.3 is 10.2 Å². The lowest BCUT2D eigenvalue weighted by molar-refractivity contribution is 0.445. The Morgan fingerprint density at radius 3 is 2.84 bits per heavy atom. The molecule has 2 rings (SSSR count). The first kappa shape index (κ1) is 14.1. The number of anilines is 2. The molecule has 1 aliphatic heterocycles. The Morgan fingerprint density at radius 2 is 2.16 bits per heavy atom. The zero-order chi connectivity index (χ0) is 13.7. The quantitative estimate of drug-likeness (QED) is 0.884. The summed E-state index contributed by atoms with van der Waals surface area (Å²) >= 11 is 0. The number of nitrogens with zero attached hydrogens (tertiary/aromatic N) is 3. The van der Waals surface area contributed by atoms with E-state index in [1.165, 1.54) is 31.2 Å². The molecule has 0 aliphatic carbocycles. The van der Waals surface area contributed by atoms with Crippen LogP contribution in [0.3, 0.4) is 0 Å². The van der Waals surface area contributed by atoms with Gasteiger partial charge in [0.15, 0.2) is 0 Å². The number of nitrogens with one attached hydrogen (secondary N) is 1. The number of hydrogen-bond donors (Lipinski definition) is 1. The Bertz CT molecular complexity index is 405. The van der Waals surface area contributed by atoms with Crippen molar-refractivity contribution in [3.05, 3.63) is 11.9 Å². The summed E-state index contributed by atoms with van der Waals surface area (Å²) in [6.45, 7) is 5.63. The molecule has 0 amide bonds. The molecule has 0 saturated carbocycles. The van der Waals surface area contributed by atoms with E-state index >= 15 is 0 Å². The highest BCUT2D eigenvalue weighted by Crippen LogP contribution is 2.30. The summed E-state index contributed by atoms with van der Waals surface area (Å²) in [5.74, 6) is 2.15. The van der Waals surface area contributed by atoms with E-state index in [1.807, 2.05) is 7.05 Å². The fraction of sp³-hybridized carbons (Fsp3) is 0.733. The molecule has 0 aromatic carbocycles. The highest BCUT2D eigenvalue weighted by molar-refractivity contribution is 5.59. The molecule has 1 saturated heterocycles. The molecule has 1 fully saturated rings. The maximum absolute atomic E-state index is 4.60. The van der Waals surface area contributed by atoms with E-state index in [2.05, 4.69) is 34.0 Å². The molecule has 0 bridgehead atoms. The molecule has 1 unspecified atom stereocenters. The highest BCUT2D eigenvalue weighted by Gasteiger charge is 2.25. The third kappa shape index (κ3) is 2.99. The zero-order valence-electron chi connectivity index (χ0n) is 12.4. The Balaban J connectivity index is 2.36. The van der Waals surface area contributed by atoms with Crippen LogP contribution < -0.4 is 10.2 Å². The van der Waals surface area contributed by atoms with Crippen molar-refractivity contribution in [2.24, 2.45) is 0 Å². The summed E-state index contributed by atoms with van der Waals surface area (Å²) in [6, 6.07) is 0.643. The fourth-order valence-electron chi connectivity index (χ4n) is 3.05. The molecular formula is C15H26N4. The van der Waals surface area contributed by atoms with Crippen molar-refractivity contribution >= 4 is 11.6 Å². The third-order valence-corrected chi connectivity index (χ3v) is 4.03. The molecule has 1 aromatic heterocycles. The van der Waals surface area contributed by atoms with Crippen molar-refractivity contribution in [2.75, 3.05) is 23.8 Å². The molecule has 4 heteroatoms. The van der Waals surface area contributed by atoms with Crippen molar-refractivity contribution < 1.29 is 0 Å². The molecule has 1 aliphatic rings. The maximum atomic E-state index is 4.60. The summed E-state index contributed by atoms with van der Waals surface area (Å²) in [5.41, 5.74) is 1.29. The average Bonchev–Trinajstić information content (AvgIpc) is 2.47. The minimum atomic E-state index is 0.643. The Kier molecular flexibility index (Phi) is 5.00. The standard InChI is InChI=1S/C15H26N4/c1-4-8-13-14(16-3)17-11-18-15(13)19-10-7-6-9-12(19)5-2/h11-12H,4-10H2,1-3H3,(H,16,17,18). The van der Waals surface area contributed by atoms with Gasteiger partial charge in [0.1, 0.15) is 18.0 Å². The van der Waals surface area contributed by atoms with Gasteiger partial charge in [-0.25, -0.2) is 9.97 Å². The molecule has 2 heterocycles. The van der Waals surface area contributed by atoms with Gasteiger partial charge in [-0.1, -0.05) is 20.3 Å². The summed E-state index contributed by atoms with van der Waals surface area (Å²) in [5, 5.41) is 3.21. The molecule has 0 spiro atoms. The van der Waals surface area contributed by atoms with Crippen molar-refractivity contribution in [1.29, 1.82) is 0 Å². The van der Waals surface area contributed by atoms with Crippen LogP contribution in [0.15, 0.2) is 6.33 Å². The smallest absolute Gasteiger partial charge is 0.137 e. The van der Waals surface area contributed by atoms with Crippen molar-refractivity contribution in [3.63, 3.8) is 0 Å². The first-order valence-electron chi connectivity index (χ1n) is 7.60. The van der Waals surface area contributed by atoms with Gasteiger partial charge in [0.05, 0.1) is 0 Å². The van der Waals surface area contributed by atoms with Crippen molar-refractivity contribution in [2.45, 2.75) is 58.4 Å². The lowest BCUT2D eigenvalue weighted by Crippen LogP contribution is -2.40. The second-order valence-corrected chi connectivity index (χ2v) is 5.28. The summed E-state index contributed by atoms with van der Waals surface area (Å²) in [6.07, 6.45) is 8.98. The van der Waals surface area contributed by atoms with Gasteiger partial charge in [0, 0.05) is 25.2 Å². The summed E-state index contributed by atoms with van der Waals surface area (Å²) < 4.78 is 0. The summed E-state index contributed by atoms with van der Waals surface area (Å²) in [4.78, 5) is 11.5. The molecule has 1 aromatic rings. The fourth-order valence-corrected chi connectivity index (χ4v) is 3.05. The Morgan fingerprint density at radius 1 is 1.32 bits per heavy atom. The Hall–Kier alpha value is -1.32. The number of aromatic nitrogens is 2. The van der Waals surface area contributed by atoms with Crippen LogP contribution in [-0.2, 0) is 6.42 Å². The van der Waals surface area contributed by atoms with Crippen LogP contribution in [-0.4, -0.2) is 29.6 Å². The van der Waals surface area contributed by atoms with Crippen LogP contribution >= 0.6 is 0 Å². The average molecular weight is 262 g/mol. The number of hydrogen-bond acceptors (Lipinski definition) is 4. The highest BCUT2D eigenvalue weighted by atomic mass is 15.2. The number of rotatable bonds is 5. The first-order chi connectivity index (χ1) is 9.31. The van der Waals surface area contributed by atoms with Crippen molar-refractivity contribution in [3.8, 4) is 0 Å². The van der Waals surface area contributed by atoms with Gasteiger partial charge in [-0.15, -0.1) is 0 Å². The van der Waals surface area contributed by atoms with Gasteiger partial charge >= 0.3 is 0 Å². The van der Waals surface area contributed by atoms with Crippen LogP contribution in [0.25, 0.3) is 0 Å².